The summed E-state index contributed by atoms with van der Waals surface area (Å²) >= 11 is 0. The van der Waals surface area contributed by atoms with E-state index < -0.39 is 18.0 Å². The molecule has 0 radical (unpaired) electrons. The van der Waals surface area contributed by atoms with Gasteiger partial charge in [0.05, 0.1) is 18.4 Å². The van der Waals surface area contributed by atoms with Gasteiger partial charge in [0.15, 0.2) is 0 Å². The van der Waals surface area contributed by atoms with Gasteiger partial charge in [0.1, 0.15) is 6.54 Å². The molecule has 1 rings (SSSR count). The monoisotopic (exact) mass is 252 g/mol. The number of aromatic carboxylic acids is 1. The average Bonchev–Trinajstić information content (AvgIpc) is 2.36. The Kier molecular flexibility index (Phi) is 4.67. The summed E-state index contributed by atoms with van der Waals surface area (Å²) in [5.41, 5.74) is 0.109. The van der Waals surface area contributed by atoms with Crippen molar-refractivity contribution in [2.75, 3.05) is 19.0 Å². The third kappa shape index (κ3) is 3.78. The van der Waals surface area contributed by atoms with Gasteiger partial charge in [-0.1, -0.05) is 12.1 Å². The number of hydrogen-bond donors (Lipinski definition) is 3. The minimum atomic E-state index is -1.15. The van der Waals surface area contributed by atoms with Gasteiger partial charge in [-0.3, -0.25) is 4.79 Å². The first kappa shape index (κ1) is 13.5. The highest BCUT2D eigenvalue weighted by molar-refractivity contribution is 6.00. The molecular weight excluding hydrogens is 240 g/mol. The van der Waals surface area contributed by atoms with E-state index in [-0.39, 0.29) is 17.8 Å². The summed E-state index contributed by atoms with van der Waals surface area (Å²) in [6.45, 7) is -0.294. The lowest BCUT2D eigenvalue weighted by Crippen LogP contribution is -2.34. The number of anilines is 1. The molecule has 1 aromatic rings. The van der Waals surface area contributed by atoms with Gasteiger partial charge in [-0.05, 0) is 12.1 Å². The van der Waals surface area contributed by atoms with Crippen molar-refractivity contribution >= 4 is 23.7 Å². The molecule has 1 aromatic carbocycles. The number of hydrogen-bond acceptors (Lipinski definition) is 4. The van der Waals surface area contributed by atoms with E-state index in [4.69, 9.17) is 5.11 Å². The summed E-state index contributed by atoms with van der Waals surface area (Å²) < 4.78 is 4.34. The first-order valence-corrected chi connectivity index (χ1v) is 4.98. The smallest absolute Gasteiger partial charge is 0.337 e. The van der Waals surface area contributed by atoms with Gasteiger partial charge in [0.25, 0.3) is 0 Å². The van der Waals surface area contributed by atoms with E-state index in [1.807, 2.05) is 0 Å². The van der Waals surface area contributed by atoms with Gasteiger partial charge in [0, 0.05) is 0 Å². The maximum atomic E-state index is 11.4. The Morgan fingerprint density at radius 1 is 1.28 bits per heavy atom. The normalized spacial score (nSPS) is 9.39. The molecule has 18 heavy (non-hydrogen) atoms. The van der Waals surface area contributed by atoms with Crippen molar-refractivity contribution in [2.45, 2.75) is 0 Å². The van der Waals surface area contributed by atoms with Gasteiger partial charge < -0.3 is 20.5 Å². The Labute approximate surface area is 103 Å². The summed E-state index contributed by atoms with van der Waals surface area (Å²) in [6, 6.07) is 5.25. The van der Waals surface area contributed by atoms with Crippen LogP contribution in [-0.2, 0) is 9.53 Å². The molecule has 0 spiro atoms. The summed E-state index contributed by atoms with van der Waals surface area (Å²) in [7, 11) is 1.20. The van der Waals surface area contributed by atoms with Crippen LogP contribution in [0.2, 0.25) is 0 Å². The predicted molar refractivity (Wildman–Crippen MR) is 62.4 cm³/mol. The third-order valence-electron chi connectivity index (χ3n) is 2.03. The number of carbonyl (C=O) groups is 3. The zero-order valence-electron chi connectivity index (χ0n) is 9.60. The van der Waals surface area contributed by atoms with Crippen LogP contribution in [-0.4, -0.2) is 36.7 Å². The van der Waals surface area contributed by atoms with Crippen LogP contribution >= 0.6 is 0 Å². The third-order valence-corrected chi connectivity index (χ3v) is 2.03. The zero-order valence-corrected chi connectivity index (χ0v) is 9.60. The molecule has 0 bridgehead atoms. The van der Waals surface area contributed by atoms with Crippen molar-refractivity contribution in [3.63, 3.8) is 0 Å². The number of esters is 1. The van der Waals surface area contributed by atoms with Crippen LogP contribution in [0.5, 0.6) is 0 Å². The van der Waals surface area contributed by atoms with Crippen LogP contribution in [0, 0.1) is 0 Å². The van der Waals surface area contributed by atoms with Crippen molar-refractivity contribution in [3.8, 4) is 0 Å². The molecule has 0 saturated heterocycles. The largest absolute Gasteiger partial charge is 0.478 e. The van der Waals surface area contributed by atoms with Gasteiger partial charge >= 0.3 is 18.0 Å². The number of urea groups is 1. The molecule has 0 unspecified atom stereocenters. The van der Waals surface area contributed by atoms with Crippen molar-refractivity contribution < 1.29 is 24.2 Å². The summed E-state index contributed by atoms with van der Waals surface area (Å²) in [4.78, 5) is 33.0. The Morgan fingerprint density at radius 2 is 1.94 bits per heavy atom. The van der Waals surface area contributed by atoms with E-state index in [1.165, 1.54) is 19.2 Å². The van der Waals surface area contributed by atoms with Crippen LogP contribution in [0.3, 0.4) is 0 Å². The number of benzene rings is 1. The summed E-state index contributed by atoms with van der Waals surface area (Å²) in [6.07, 6.45) is 0. The first-order valence-electron chi connectivity index (χ1n) is 4.98. The summed E-state index contributed by atoms with van der Waals surface area (Å²) in [5.74, 6) is -1.75. The van der Waals surface area contributed by atoms with E-state index in [2.05, 4.69) is 15.4 Å². The van der Waals surface area contributed by atoms with E-state index in [0.717, 1.165) is 0 Å². The Morgan fingerprint density at radius 3 is 2.56 bits per heavy atom. The van der Waals surface area contributed by atoms with Crippen LogP contribution in [0.25, 0.3) is 0 Å². The number of nitrogens with one attached hydrogen (secondary N) is 2. The quantitative estimate of drug-likeness (QED) is 0.683. The van der Waals surface area contributed by atoms with Crippen LogP contribution in [0.15, 0.2) is 24.3 Å². The van der Waals surface area contributed by atoms with Crippen molar-refractivity contribution in [3.05, 3.63) is 29.8 Å². The van der Waals surface area contributed by atoms with Gasteiger partial charge in [0.2, 0.25) is 0 Å². The second kappa shape index (κ2) is 6.24. The molecular formula is C11H12N2O5. The fourth-order valence-corrected chi connectivity index (χ4v) is 1.17. The second-order valence-corrected chi connectivity index (χ2v) is 3.23. The number of rotatable bonds is 4. The lowest BCUT2D eigenvalue weighted by molar-refractivity contribution is -0.139. The van der Waals surface area contributed by atoms with Crippen LogP contribution in [0.1, 0.15) is 10.4 Å². The summed E-state index contributed by atoms with van der Waals surface area (Å²) in [5, 5.41) is 13.5. The van der Waals surface area contributed by atoms with Crippen LogP contribution < -0.4 is 10.6 Å². The maximum Gasteiger partial charge on any atom is 0.337 e. The number of carbonyl (C=O) groups excluding carboxylic acids is 2. The fraction of sp³-hybridized carbons (Fsp3) is 0.182. The standard InChI is InChI=1S/C11H12N2O5/c1-18-9(14)6-12-11(17)13-8-5-3-2-4-7(8)10(15)16/h2-5H,6H2,1H3,(H,15,16)(H2,12,13,17). The molecule has 7 nitrogen and oxygen atoms in total. The fourth-order valence-electron chi connectivity index (χ4n) is 1.17. The first-order chi connectivity index (χ1) is 8.54. The highest BCUT2D eigenvalue weighted by Gasteiger charge is 2.11. The molecule has 0 aliphatic rings. The molecule has 2 amide bonds. The van der Waals surface area contributed by atoms with E-state index in [0.29, 0.717) is 0 Å². The number of ether oxygens (including phenoxy) is 1. The predicted octanol–water partition coefficient (Wildman–Crippen LogP) is 0.679. The Balaban J connectivity index is 2.65. The molecule has 0 aliphatic heterocycles. The Hall–Kier alpha value is -2.57. The molecule has 0 fully saturated rings. The SMILES string of the molecule is COC(=O)CNC(=O)Nc1ccccc1C(=O)O. The number of carboxylic acid groups (broad SMARTS) is 1. The Bertz CT molecular complexity index is 472. The maximum absolute atomic E-state index is 11.4. The second-order valence-electron chi connectivity index (χ2n) is 3.23. The van der Waals surface area contributed by atoms with Gasteiger partial charge in [-0.2, -0.15) is 0 Å². The molecule has 96 valence electrons. The van der Waals surface area contributed by atoms with Crippen molar-refractivity contribution in [2.24, 2.45) is 0 Å². The van der Waals surface area contributed by atoms with Gasteiger partial charge in [-0.25, -0.2) is 9.59 Å². The molecule has 0 saturated carbocycles. The molecule has 3 N–H and O–H groups in total. The van der Waals surface area contributed by atoms with E-state index in [1.54, 1.807) is 12.1 Å². The van der Waals surface area contributed by atoms with Gasteiger partial charge in [-0.15, -0.1) is 0 Å². The number of methoxy groups -OCH3 is 1. The average molecular weight is 252 g/mol. The highest BCUT2D eigenvalue weighted by Crippen LogP contribution is 2.14. The number of carboxylic acids is 1. The minimum Gasteiger partial charge on any atom is -0.478 e. The van der Waals surface area contributed by atoms with Crippen LogP contribution in [0.4, 0.5) is 10.5 Å². The van der Waals surface area contributed by atoms with E-state index >= 15 is 0 Å². The highest BCUT2D eigenvalue weighted by atomic mass is 16.5. The lowest BCUT2D eigenvalue weighted by Gasteiger charge is -2.08. The molecule has 0 atom stereocenters. The van der Waals surface area contributed by atoms with Crippen molar-refractivity contribution in [1.82, 2.24) is 5.32 Å². The zero-order chi connectivity index (χ0) is 13.5. The number of para-hydroxylation sites is 1. The topological polar surface area (TPSA) is 105 Å². The molecule has 0 heterocycles. The molecule has 0 aromatic heterocycles. The number of amides is 2. The molecule has 7 heteroatoms. The van der Waals surface area contributed by atoms with E-state index in [9.17, 15) is 14.4 Å². The lowest BCUT2D eigenvalue weighted by atomic mass is 10.2. The molecule has 0 aliphatic carbocycles. The minimum absolute atomic E-state index is 0.0364. The van der Waals surface area contributed by atoms with Crippen molar-refractivity contribution in [1.29, 1.82) is 0 Å².